The summed E-state index contributed by atoms with van der Waals surface area (Å²) in [6.45, 7) is 7.79. The molecule has 1 fully saturated rings. The highest BCUT2D eigenvalue weighted by atomic mass is 32.1. The first kappa shape index (κ1) is 18.0. The van der Waals surface area contributed by atoms with Crippen LogP contribution in [0.5, 0.6) is 0 Å². The van der Waals surface area contributed by atoms with Gasteiger partial charge in [-0.1, -0.05) is 12.1 Å². The quantitative estimate of drug-likeness (QED) is 0.652. The molecule has 124 valence electrons. The van der Waals surface area contributed by atoms with Crippen molar-refractivity contribution in [3.63, 3.8) is 0 Å². The summed E-state index contributed by atoms with van der Waals surface area (Å²) in [5.41, 5.74) is -0.0210. The van der Waals surface area contributed by atoms with Crippen molar-refractivity contribution < 1.29 is 23.6 Å². The summed E-state index contributed by atoms with van der Waals surface area (Å²) < 4.78 is 25.4. The van der Waals surface area contributed by atoms with Crippen molar-refractivity contribution in [1.29, 1.82) is 0 Å². The predicted molar refractivity (Wildman–Crippen MR) is 91.3 cm³/mol. The van der Waals surface area contributed by atoms with Gasteiger partial charge >= 0.3 is 13.1 Å². The van der Waals surface area contributed by atoms with Crippen LogP contribution >= 0.6 is 12.6 Å². The lowest BCUT2D eigenvalue weighted by Gasteiger charge is -2.32. The third kappa shape index (κ3) is 3.62. The van der Waals surface area contributed by atoms with Crippen LogP contribution in [0.25, 0.3) is 6.08 Å². The van der Waals surface area contributed by atoms with Crippen LogP contribution in [-0.4, -0.2) is 35.1 Å². The molecular formula is C16H20BFO4S. The molecule has 0 unspecified atom stereocenters. The maximum absolute atomic E-state index is 13.5. The normalized spacial score (nSPS) is 19.9. The molecule has 0 atom stereocenters. The number of carbonyl (C=O) groups is 1. The number of thiol groups is 1. The number of rotatable bonds is 4. The minimum Gasteiger partial charge on any atom is -0.478 e. The Hall–Kier alpha value is -1.31. The van der Waals surface area contributed by atoms with E-state index in [0.717, 1.165) is 11.5 Å². The molecule has 0 radical (unpaired) electrons. The van der Waals surface area contributed by atoms with Crippen LogP contribution in [0.4, 0.5) is 4.39 Å². The molecule has 1 heterocycles. The van der Waals surface area contributed by atoms with Gasteiger partial charge in [-0.2, -0.15) is 12.6 Å². The molecule has 0 saturated carbocycles. The van der Waals surface area contributed by atoms with Crippen molar-refractivity contribution in [3.05, 3.63) is 40.6 Å². The van der Waals surface area contributed by atoms with Crippen LogP contribution in [-0.2, 0) is 9.31 Å². The molecule has 2 rings (SSSR count). The van der Waals surface area contributed by atoms with Crippen molar-refractivity contribution in [3.8, 4) is 0 Å². The molecule has 0 aliphatic carbocycles. The van der Waals surface area contributed by atoms with Crippen molar-refractivity contribution >= 4 is 31.8 Å². The zero-order valence-corrected chi connectivity index (χ0v) is 14.5. The van der Waals surface area contributed by atoms with Gasteiger partial charge in [-0.3, -0.25) is 0 Å². The van der Waals surface area contributed by atoms with Crippen LogP contribution in [0.3, 0.4) is 0 Å². The summed E-state index contributed by atoms with van der Waals surface area (Å²) in [5, 5.41) is 9.01. The maximum atomic E-state index is 13.5. The molecule has 0 amide bonds. The van der Waals surface area contributed by atoms with E-state index < -0.39 is 30.1 Å². The highest BCUT2D eigenvalue weighted by molar-refractivity contribution is 7.80. The average molecular weight is 338 g/mol. The van der Waals surface area contributed by atoms with E-state index in [1.807, 2.05) is 27.7 Å². The second-order valence-corrected chi connectivity index (χ2v) is 6.83. The van der Waals surface area contributed by atoms with Gasteiger partial charge in [0.2, 0.25) is 0 Å². The van der Waals surface area contributed by atoms with Crippen LogP contribution in [0, 0.1) is 5.82 Å². The number of aromatic carboxylic acids is 1. The Bertz CT molecular complexity index is 641. The molecule has 1 aliphatic heterocycles. The lowest BCUT2D eigenvalue weighted by molar-refractivity contribution is 0.00578. The maximum Gasteiger partial charge on any atom is 0.491 e. The smallest absolute Gasteiger partial charge is 0.478 e. The first-order chi connectivity index (χ1) is 10.6. The standard InChI is InChI=1S/C16H20BFO4S/c1-15(2)16(3,4)22-17(21-15)11(9-23)7-10-5-6-13(18)12(8-10)14(19)20/h5-8,23H,9H2,1-4H3,(H,19,20). The fourth-order valence-electron chi connectivity index (χ4n) is 2.19. The Morgan fingerprint density at radius 2 is 1.87 bits per heavy atom. The molecular weight excluding hydrogens is 318 g/mol. The van der Waals surface area contributed by atoms with Gasteiger partial charge in [0.25, 0.3) is 0 Å². The first-order valence-corrected chi connectivity index (χ1v) is 7.90. The van der Waals surface area contributed by atoms with E-state index in [2.05, 4.69) is 12.6 Å². The summed E-state index contributed by atoms with van der Waals surface area (Å²) in [4.78, 5) is 11.0. The van der Waals surface area contributed by atoms with Gasteiger partial charge in [-0.15, -0.1) is 0 Å². The zero-order valence-electron chi connectivity index (χ0n) is 13.6. The van der Waals surface area contributed by atoms with Crippen LogP contribution in [0.15, 0.2) is 23.7 Å². The van der Waals surface area contributed by atoms with E-state index in [-0.39, 0.29) is 5.56 Å². The second kappa shape index (κ2) is 6.30. The van der Waals surface area contributed by atoms with Crippen molar-refractivity contribution in [2.45, 2.75) is 38.9 Å². The Balaban J connectivity index is 2.34. The first-order valence-electron chi connectivity index (χ1n) is 7.27. The van der Waals surface area contributed by atoms with Gasteiger partial charge in [-0.05, 0) is 50.9 Å². The fourth-order valence-corrected chi connectivity index (χ4v) is 2.43. The molecule has 23 heavy (non-hydrogen) atoms. The van der Waals surface area contributed by atoms with Gasteiger partial charge in [-0.25, -0.2) is 9.18 Å². The van der Waals surface area contributed by atoms with Crippen LogP contribution in [0.1, 0.15) is 43.6 Å². The van der Waals surface area contributed by atoms with Crippen molar-refractivity contribution in [2.24, 2.45) is 0 Å². The molecule has 0 spiro atoms. The van der Waals surface area contributed by atoms with E-state index in [1.165, 1.54) is 12.1 Å². The highest BCUT2D eigenvalue weighted by Gasteiger charge is 2.52. The monoisotopic (exact) mass is 338 g/mol. The largest absolute Gasteiger partial charge is 0.491 e. The van der Waals surface area contributed by atoms with E-state index in [1.54, 1.807) is 6.08 Å². The van der Waals surface area contributed by atoms with Crippen LogP contribution in [0.2, 0.25) is 0 Å². The highest BCUT2D eigenvalue weighted by Crippen LogP contribution is 2.39. The Morgan fingerprint density at radius 3 is 2.35 bits per heavy atom. The molecule has 0 aromatic heterocycles. The minimum atomic E-state index is -1.30. The van der Waals surface area contributed by atoms with Gasteiger partial charge in [0, 0.05) is 5.75 Å². The van der Waals surface area contributed by atoms with E-state index in [0.29, 0.717) is 11.3 Å². The number of halogens is 1. The molecule has 1 aromatic carbocycles. The molecule has 1 aliphatic rings. The number of benzene rings is 1. The SMILES string of the molecule is CC1(C)OB(C(=Cc2ccc(F)c(C(=O)O)c2)CS)OC1(C)C. The Kier molecular flexibility index (Phi) is 4.94. The van der Waals surface area contributed by atoms with E-state index in [4.69, 9.17) is 14.4 Å². The summed E-state index contributed by atoms with van der Waals surface area (Å²) in [5.74, 6) is -1.70. The summed E-state index contributed by atoms with van der Waals surface area (Å²) in [6, 6.07) is 3.93. The van der Waals surface area contributed by atoms with Crippen molar-refractivity contribution in [2.75, 3.05) is 5.75 Å². The Labute approximate surface area is 141 Å². The lowest BCUT2D eigenvalue weighted by Crippen LogP contribution is -2.41. The summed E-state index contributed by atoms with van der Waals surface area (Å²) in [6.07, 6.45) is 1.72. The van der Waals surface area contributed by atoms with Gasteiger partial charge < -0.3 is 14.4 Å². The fraction of sp³-hybridized carbons (Fsp3) is 0.438. The molecule has 0 bridgehead atoms. The number of carboxylic acids is 1. The van der Waals surface area contributed by atoms with Gasteiger partial charge in [0.1, 0.15) is 5.82 Å². The second-order valence-electron chi connectivity index (χ2n) is 6.51. The van der Waals surface area contributed by atoms with Crippen LogP contribution < -0.4 is 0 Å². The summed E-state index contributed by atoms with van der Waals surface area (Å²) in [7, 11) is -0.573. The molecule has 1 saturated heterocycles. The topological polar surface area (TPSA) is 55.8 Å². The number of carboxylic acid groups (broad SMARTS) is 1. The molecule has 4 nitrogen and oxygen atoms in total. The molecule has 1 aromatic rings. The van der Waals surface area contributed by atoms with Gasteiger partial charge in [0.05, 0.1) is 16.8 Å². The average Bonchev–Trinajstić information content (AvgIpc) is 2.66. The predicted octanol–water partition coefficient (Wildman–Crippen LogP) is 3.47. The third-order valence-corrected chi connectivity index (χ3v) is 4.68. The Morgan fingerprint density at radius 1 is 1.30 bits per heavy atom. The third-order valence-electron chi connectivity index (χ3n) is 4.31. The number of hydrogen-bond acceptors (Lipinski definition) is 4. The summed E-state index contributed by atoms with van der Waals surface area (Å²) >= 11 is 4.30. The zero-order chi connectivity index (χ0) is 17.4. The molecule has 1 N–H and O–H groups in total. The molecule has 7 heteroatoms. The number of hydrogen-bond donors (Lipinski definition) is 2. The lowest BCUT2D eigenvalue weighted by atomic mass is 9.78. The van der Waals surface area contributed by atoms with Gasteiger partial charge in [0.15, 0.2) is 0 Å². The van der Waals surface area contributed by atoms with E-state index in [9.17, 15) is 9.18 Å². The van der Waals surface area contributed by atoms with Crippen molar-refractivity contribution in [1.82, 2.24) is 0 Å². The van der Waals surface area contributed by atoms with E-state index >= 15 is 0 Å². The minimum absolute atomic E-state index is 0.369.